The second-order valence-electron chi connectivity index (χ2n) is 7.09. The van der Waals surface area contributed by atoms with Crippen LogP contribution in [-0.4, -0.2) is 26.2 Å². The molecule has 3 aromatic rings. The summed E-state index contributed by atoms with van der Waals surface area (Å²) < 4.78 is 58.9. The van der Waals surface area contributed by atoms with Gasteiger partial charge in [-0.3, -0.25) is 14.3 Å². The molecule has 0 saturated heterocycles. The Morgan fingerprint density at radius 3 is 2.06 bits per heavy atom. The first kappa shape index (κ1) is 23.9. The average Bonchev–Trinajstić information content (AvgIpc) is 2.77. The van der Waals surface area contributed by atoms with E-state index in [1.165, 1.54) is 31.2 Å². The summed E-state index contributed by atoms with van der Waals surface area (Å²) in [6, 6.07) is 14.4. The zero-order valence-corrected chi connectivity index (χ0v) is 18.5. The largest absolute Gasteiger partial charge is 0.481 e. The first-order chi connectivity index (χ1) is 15.5. The molecule has 172 valence electrons. The third-order valence-corrected chi connectivity index (χ3v) is 5.93. The van der Waals surface area contributed by atoms with E-state index in [0.717, 1.165) is 12.1 Å². The normalized spacial score (nSPS) is 12.0. The lowest BCUT2D eigenvalue weighted by atomic mass is 10.1. The van der Waals surface area contributed by atoms with Gasteiger partial charge in [-0.1, -0.05) is 0 Å². The Bertz CT molecular complexity index is 1280. The number of carbonyl (C=O) groups is 2. The predicted octanol–water partition coefficient (Wildman–Crippen LogP) is 4.37. The van der Waals surface area contributed by atoms with Crippen molar-refractivity contribution in [3.8, 4) is 5.75 Å². The molecule has 0 fully saturated rings. The van der Waals surface area contributed by atoms with E-state index in [1.807, 2.05) is 0 Å². The molecular weight excluding hydrogens is 454 g/mol. The Balaban J connectivity index is 1.60. The Labute approximate surface area is 189 Å². The quantitative estimate of drug-likeness (QED) is 0.472. The molecule has 3 aromatic carbocycles. The van der Waals surface area contributed by atoms with Gasteiger partial charge in [0.1, 0.15) is 5.75 Å². The van der Waals surface area contributed by atoms with Crippen LogP contribution in [0.4, 0.5) is 20.2 Å². The van der Waals surface area contributed by atoms with Gasteiger partial charge in [0.05, 0.1) is 4.90 Å². The third-order valence-electron chi connectivity index (χ3n) is 4.55. The Kier molecular flexibility index (Phi) is 7.07. The van der Waals surface area contributed by atoms with Crippen molar-refractivity contribution in [2.45, 2.75) is 24.8 Å². The smallest absolute Gasteiger partial charge is 0.265 e. The summed E-state index contributed by atoms with van der Waals surface area (Å²) >= 11 is 0. The lowest BCUT2D eigenvalue weighted by molar-refractivity contribution is -0.122. The summed E-state index contributed by atoms with van der Waals surface area (Å²) in [7, 11) is -4.13. The number of carbonyl (C=O) groups excluding carboxylic acids is 2. The van der Waals surface area contributed by atoms with Crippen LogP contribution in [0.25, 0.3) is 0 Å². The number of ether oxygens (including phenoxy) is 1. The molecule has 2 N–H and O–H groups in total. The fourth-order valence-corrected chi connectivity index (χ4v) is 3.82. The molecule has 0 aromatic heterocycles. The fourth-order valence-electron chi connectivity index (χ4n) is 2.75. The van der Waals surface area contributed by atoms with E-state index in [0.29, 0.717) is 23.1 Å². The highest BCUT2D eigenvalue weighted by atomic mass is 32.2. The molecule has 0 heterocycles. The van der Waals surface area contributed by atoms with Gasteiger partial charge < -0.3 is 10.1 Å². The molecule has 33 heavy (non-hydrogen) atoms. The number of hydrogen-bond acceptors (Lipinski definition) is 5. The van der Waals surface area contributed by atoms with Gasteiger partial charge in [0, 0.05) is 16.9 Å². The van der Waals surface area contributed by atoms with Crippen molar-refractivity contribution in [1.82, 2.24) is 0 Å². The first-order valence-corrected chi connectivity index (χ1v) is 11.2. The summed E-state index contributed by atoms with van der Waals surface area (Å²) in [5.41, 5.74) is 1.07. The van der Waals surface area contributed by atoms with Crippen molar-refractivity contribution in [2.24, 2.45) is 0 Å². The zero-order valence-electron chi connectivity index (χ0n) is 17.6. The number of anilines is 2. The van der Waals surface area contributed by atoms with E-state index in [4.69, 9.17) is 4.74 Å². The first-order valence-electron chi connectivity index (χ1n) is 9.71. The number of amides is 1. The van der Waals surface area contributed by atoms with Gasteiger partial charge in [-0.25, -0.2) is 17.2 Å². The minimum Gasteiger partial charge on any atom is -0.481 e. The summed E-state index contributed by atoms with van der Waals surface area (Å²) in [4.78, 5) is 23.3. The molecule has 0 spiro atoms. The van der Waals surface area contributed by atoms with E-state index in [2.05, 4.69) is 10.0 Å². The molecule has 1 unspecified atom stereocenters. The number of halogens is 2. The topological polar surface area (TPSA) is 102 Å². The van der Waals surface area contributed by atoms with Gasteiger partial charge >= 0.3 is 0 Å². The maximum absolute atomic E-state index is 13.3. The van der Waals surface area contributed by atoms with Crippen LogP contribution in [0.3, 0.4) is 0 Å². The van der Waals surface area contributed by atoms with Crippen LogP contribution in [0.5, 0.6) is 5.75 Å². The van der Waals surface area contributed by atoms with Gasteiger partial charge in [0.25, 0.3) is 15.9 Å². The van der Waals surface area contributed by atoms with Crippen LogP contribution < -0.4 is 14.8 Å². The zero-order chi connectivity index (χ0) is 24.2. The highest BCUT2D eigenvalue weighted by Gasteiger charge is 2.18. The van der Waals surface area contributed by atoms with E-state index >= 15 is 0 Å². The molecule has 1 atom stereocenters. The Morgan fingerprint density at radius 2 is 1.48 bits per heavy atom. The van der Waals surface area contributed by atoms with Crippen molar-refractivity contribution < 1.29 is 31.5 Å². The lowest BCUT2D eigenvalue weighted by Crippen LogP contribution is -2.30. The van der Waals surface area contributed by atoms with Gasteiger partial charge in [-0.05, 0) is 80.6 Å². The van der Waals surface area contributed by atoms with Gasteiger partial charge in [0.15, 0.2) is 23.5 Å². The molecule has 0 bridgehead atoms. The maximum atomic E-state index is 13.3. The van der Waals surface area contributed by atoms with Crippen LogP contribution in [0.15, 0.2) is 71.6 Å². The maximum Gasteiger partial charge on any atom is 0.265 e. The summed E-state index contributed by atoms with van der Waals surface area (Å²) in [6.45, 7) is 3.00. The minimum atomic E-state index is -4.13. The molecular formula is C23H20F2N2O5S. The number of ketones is 1. The van der Waals surface area contributed by atoms with Crippen LogP contribution in [0.2, 0.25) is 0 Å². The molecule has 10 heteroatoms. The van der Waals surface area contributed by atoms with Gasteiger partial charge in [-0.15, -0.1) is 0 Å². The SMILES string of the molecule is CC(=O)c1ccc(OC(C)C(=O)Nc2ccc(NS(=O)(=O)c3ccc(F)c(F)c3)cc2)cc1. The number of rotatable bonds is 8. The lowest BCUT2D eigenvalue weighted by Gasteiger charge is -2.15. The number of sulfonamides is 1. The Hall–Kier alpha value is -3.79. The number of Topliss-reactive ketones (excluding diaryl/α,β-unsaturated/α-hetero) is 1. The van der Waals surface area contributed by atoms with Crippen molar-refractivity contribution >= 4 is 33.1 Å². The van der Waals surface area contributed by atoms with E-state index < -0.39 is 38.6 Å². The van der Waals surface area contributed by atoms with E-state index in [9.17, 15) is 26.8 Å². The van der Waals surface area contributed by atoms with Crippen molar-refractivity contribution in [3.63, 3.8) is 0 Å². The van der Waals surface area contributed by atoms with Gasteiger partial charge in [-0.2, -0.15) is 0 Å². The van der Waals surface area contributed by atoms with Crippen molar-refractivity contribution in [2.75, 3.05) is 10.0 Å². The second kappa shape index (κ2) is 9.78. The van der Waals surface area contributed by atoms with Crippen LogP contribution in [0, 0.1) is 11.6 Å². The molecule has 0 aliphatic heterocycles. The van der Waals surface area contributed by atoms with Crippen molar-refractivity contribution in [1.29, 1.82) is 0 Å². The Morgan fingerprint density at radius 1 is 0.879 bits per heavy atom. The molecule has 0 aliphatic carbocycles. The molecule has 3 rings (SSSR count). The molecule has 7 nitrogen and oxygen atoms in total. The molecule has 0 radical (unpaired) electrons. The standard InChI is InChI=1S/C23H20F2N2O5S/c1-14(28)16-3-9-19(10-4-16)32-15(2)23(29)26-17-5-7-18(8-6-17)27-33(30,31)20-11-12-21(24)22(25)13-20/h3-13,15,27H,1-2H3,(H,26,29). The average molecular weight is 474 g/mol. The third kappa shape index (κ3) is 6.13. The van der Waals surface area contributed by atoms with Crippen LogP contribution in [-0.2, 0) is 14.8 Å². The van der Waals surface area contributed by atoms with Crippen molar-refractivity contribution in [3.05, 3.63) is 83.9 Å². The van der Waals surface area contributed by atoms with E-state index in [1.54, 1.807) is 31.2 Å². The minimum absolute atomic E-state index is 0.0806. The van der Waals surface area contributed by atoms with Gasteiger partial charge in [0.2, 0.25) is 0 Å². The predicted molar refractivity (Wildman–Crippen MR) is 119 cm³/mol. The number of nitrogens with one attached hydrogen (secondary N) is 2. The molecule has 1 amide bonds. The summed E-state index contributed by atoms with van der Waals surface area (Å²) in [5, 5.41) is 2.64. The fraction of sp³-hybridized carbons (Fsp3) is 0.130. The van der Waals surface area contributed by atoms with Crippen LogP contribution in [0.1, 0.15) is 24.2 Å². The van der Waals surface area contributed by atoms with E-state index in [-0.39, 0.29) is 11.5 Å². The molecule has 0 aliphatic rings. The van der Waals surface area contributed by atoms with Crippen LogP contribution >= 0.6 is 0 Å². The highest BCUT2D eigenvalue weighted by molar-refractivity contribution is 7.92. The monoisotopic (exact) mass is 474 g/mol. The number of benzene rings is 3. The highest BCUT2D eigenvalue weighted by Crippen LogP contribution is 2.21. The number of hydrogen-bond donors (Lipinski definition) is 2. The summed E-state index contributed by atoms with van der Waals surface area (Å²) in [5.74, 6) is -2.53. The summed E-state index contributed by atoms with van der Waals surface area (Å²) in [6.07, 6.45) is -0.847. The second-order valence-corrected chi connectivity index (χ2v) is 8.77. The molecule has 0 saturated carbocycles.